The quantitative estimate of drug-likeness (QED) is 0.681. The number of fused-ring (bicyclic) bond motifs is 1. The minimum atomic E-state index is -0.395. The van der Waals surface area contributed by atoms with E-state index in [4.69, 9.17) is 4.74 Å². The summed E-state index contributed by atoms with van der Waals surface area (Å²) in [6.07, 6.45) is 3.61. The first-order valence-electron chi connectivity index (χ1n) is 9.97. The van der Waals surface area contributed by atoms with E-state index in [0.717, 1.165) is 37.9 Å². The first-order chi connectivity index (χ1) is 12.9. The Kier molecular flexibility index (Phi) is 6.32. The number of piperidine rings is 1. The van der Waals surface area contributed by atoms with Crippen LogP contribution >= 0.6 is 11.8 Å². The molecule has 2 heterocycles. The summed E-state index contributed by atoms with van der Waals surface area (Å²) in [5, 5.41) is 0.658. The highest BCUT2D eigenvalue weighted by atomic mass is 32.2. The third-order valence-corrected chi connectivity index (χ3v) is 7.74. The van der Waals surface area contributed by atoms with E-state index in [1.807, 2.05) is 6.07 Å². The van der Waals surface area contributed by atoms with E-state index in [0.29, 0.717) is 17.6 Å². The molecule has 1 aromatic carbocycles. The molecule has 4 nitrogen and oxygen atoms in total. The Bertz CT molecular complexity index is 707. The number of rotatable bonds is 6. The largest absolute Gasteiger partial charge is 0.468 e. The van der Waals surface area contributed by atoms with E-state index in [1.54, 1.807) is 0 Å². The van der Waals surface area contributed by atoms with Crippen LogP contribution in [0.1, 0.15) is 57.2 Å². The van der Waals surface area contributed by atoms with Crippen molar-refractivity contribution >= 4 is 22.8 Å². The van der Waals surface area contributed by atoms with Crippen LogP contribution in [0, 0.1) is 11.3 Å². The van der Waals surface area contributed by atoms with Crippen molar-refractivity contribution in [3.8, 4) is 0 Å². The fourth-order valence-electron chi connectivity index (χ4n) is 4.49. The Hall–Kier alpha value is -1.33. The van der Waals surface area contributed by atoms with Gasteiger partial charge in [0.05, 0.1) is 7.11 Å². The molecule has 0 aromatic heterocycles. The summed E-state index contributed by atoms with van der Waals surface area (Å²) < 4.78 is 5.22. The Morgan fingerprint density at radius 2 is 2.15 bits per heavy atom. The number of carbonyl (C=O) groups is 2. The van der Waals surface area contributed by atoms with Crippen LogP contribution in [-0.4, -0.2) is 41.4 Å². The fourth-order valence-corrected chi connectivity index (χ4v) is 5.88. The lowest BCUT2D eigenvalue weighted by Crippen LogP contribution is -2.50. The second-order valence-corrected chi connectivity index (χ2v) is 9.67. The summed E-state index contributed by atoms with van der Waals surface area (Å²) in [7, 11) is 1.47. The van der Waals surface area contributed by atoms with Crippen molar-refractivity contribution < 1.29 is 14.3 Å². The van der Waals surface area contributed by atoms with E-state index in [9.17, 15) is 9.59 Å². The molecular weight excluding hydrogens is 358 g/mol. The SMILES string of the molecule is CCC(C)Cc1ccccc1[C@@H](C(=O)OC)N1CCC2SC(=O)CC2(C)C1. The van der Waals surface area contributed by atoms with Gasteiger partial charge in [-0.15, -0.1) is 0 Å². The normalized spacial score (nSPS) is 27.9. The number of hydrogen-bond acceptors (Lipinski definition) is 5. The highest BCUT2D eigenvalue weighted by Crippen LogP contribution is 2.49. The Labute approximate surface area is 167 Å². The molecule has 0 saturated carbocycles. The number of carbonyl (C=O) groups excluding carboxylic acids is 2. The van der Waals surface area contributed by atoms with E-state index in [2.05, 4.69) is 43.9 Å². The number of benzene rings is 1. The van der Waals surface area contributed by atoms with Gasteiger partial charge >= 0.3 is 5.97 Å². The highest BCUT2D eigenvalue weighted by molar-refractivity contribution is 8.14. The van der Waals surface area contributed by atoms with Gasteiger partial charge in [-0.25, -0.2) is 4.79 Å². The maximum atomic E-state index is 12.8. The van der Waals surface area contributed by atoms with Crippen LogP contribution in [0.5, 0.6) is 0 Å². The molecule has 5 heteroatoms. The zero-order chi connectivity index (χ0) is 19.6. The fraction of sp³-hybridized carbons (Fsp3) is 0.636. The minimum Gasteiger partial charge on any atom is -0.468 e. The van der Waals surface area contributed by atoms with Gasteiger partial charge in [-0.3, -0.25) is 9.69 Å². The first kappa shape index (κ1) is 20.4. The molecule has 0 aliphatic carbocycles. The zero-order valence-corrected chi connectivity index (χ0v) is 17.7. The minimum absolute atomic E-state index is 0.0576. The standard InChI is InChI=1S/C22H31NO3S/c1-5-15(2)12-16-8-6-7-9-17(16)20(21(25)26-4)23-11-10-18-22(3,14-23)13-19(24)27-18/h6-9,15,18,20H,5,10-14H2,1-4H3/t15?,18?,20-,22?/m0/s1. The van der Waals surface area contributed by atoms with Crippen molar-refractivity contribution in [1.82, 2.24) is 4.90 Å². The van der Waals surface area contributed by atoms with E-state index >= 15 is 0 Å². The topological polar surface area (TPSA) is 46.6 Å². The van der Waals surface area contributed by atoms with Crippen LogP contribution in [0.3, 0.4) is 0 Å². The maximum Gasteiger partial charge on any atom is 0.327 e. The lowest BCUT2D eigenvalue weighted by molar-refractivity contribution is -0.148. The van der Waals surface area contributed by atoms with Crippen LogP contribution < -0.4 is 0 Å². The van der Waals surface area contributed by atoms with Crippen molar-refractivity contribution in [2.75, 3.05) is 20.2 Å². The predicted molar refractivity (Wildman–Crippen MR) is 110 cm³/mol. The van der Waals surface area contributed by atoms with Crippen molar-refractivity contribution in [2.45, 2.75) is 57.7 Å². The molecule has 0 N–H and O–H groups in total. The predicted octanol–water partition coefficient (Wildman–Crippen LogP) is 4.23. The molecule has 0 amide bonds. The molecule has 2 saturated heterocycles. The lowest BCUT2D eigenvalue weighted by atomic mass is 9.78. The van der Waals surface area contributed by atoms with Crippen molar-refractivity contribution in [3.05, 3.63) is 35.4 Å². The monoisotopic (exact) mass is 389 g/mol. The summed E-state index contributed by atoms with van der Waals surface area (Å²) in [4.78, 5) is 27.1. The van der Waals surface area contributed by atoms with Gasteiger partial charge in [0.25, 0.3) is 0 Å². The summed E-state index contributed by atoms with van der Waals surface area (Å²) in [5.74, 6) is 0.363. The van der Waals surface area contributed by atoms with Gasteiger partial charge in [-0.1, -0.05) is 63.2 Å². The van der Waals surface area contributed by atoms with Crippen molar-refractivity contribution in [3.63, 3.8) is 0 Å². The van der Waals surface area contributed by atoms with Gasteiger partial charge in [-0.2, -0.15) is 0 Å². The molecule has 148 valence electrons. The van der Waals surface area contributed by atoms with Gasteiger partial charge in [0.1, 0.15) is 6.04 Å². The number of thioether (sulfide) groups is 1. The third kappa shape index (κ3) is 4.24. The van der Waals surface area contributed by atoms with E-state index in [-0.39, 0.29) is 16.5 Å². The average Bonchev–Trinajstić information content (AvgIpc) is 2.95. The molecule has 0 spiro atoms. The van der Waals surface area contributed by atoms with Crippen LogP contribution in [0.4, 0.5) is 0 Å². The lowest BCUT2D eigenvalue weighted by Gasteiger charge is -2.44. The molecule has 3 rings (SSSR count). The molecule has 0 radical (unpaired) electrons. The van der Waals surface area contributed by atoms with Gasteiger partial charge in [-0.05, 0) is 29.9 Å². The molecule has 1 aromatic rings. The highest BCUT2D eigenvalue weighted by Gasteiger charge is 2.49. The number of methoxy groups -OCH3 is 1. The maximum absolute atomic E-state index is 12.8. The van der Waals surface area contributed by atoms with Crippen molar-refractivity contribution in [2.24, 2.45) is 11.3 Å². The number of nitrogens with zero attached hydrogens (tertiary/aromatic N) is 1. The third-order valence-electron chi connectivity index (χ3n) is 6.25. The van der Waals surface area contributed by atoms with Crippen molar-refractivity contribution in [1.29, 1.82) is 0 Å². The van der Waals surface area contributed by atoms with Gasteiger partial charge in [0.15, 0.2) is 5.12 Å². The van der Waals surface area contributed by atoms with E-state index in [1.165, 1.54) is 24.4 Å². The second kappa shape index (κ2) is 8.36. The number of hydrogen-bond donors (Lipinski definition) is 0. The molecule has 2 fully saturated rings. The Morgan fingerprint density at radius 1 is 1.41 bits per heavy atom. The smallest absolute Gasteiger partial charge is 0.327 e. The van der Waals surface area contributed by atoms with Crippen LogP contribution in [-0.2, 0) is 20.7 Å². The second-order valence-electron chi connectivity index (χ2n) is 8.41. The van der Waals surface area contributed by atoms with E-state index < -0.39 is 6.04 Å². The molecule has 3 unspecified atom stereocenters. The number of likely N-dealkylation sites (tertiary alicyclic amines) is 1. The van der Waals surface area contributed by atoms with Crippen LogP contribution in [0.15, 0.2) is 24.3 Å². The molecule has 2 aliphatic rings. The van der Waals surface area contributed by atoms with Crippen LogP contribution in [0.25, 0.3) is 0 Å². The van der Waals surface area contributed by atoms with Gasteiger partial charge in [0.2, 0.25) is 0 Å². The summed E-state index contributed by atoms with van der Waals surface area (Å²) in [5.41, 5.74) is 2.23. The van der Waals surface area contributed by atoms with Gasteiger partial charge in [0, 0.05) is 30.2 Å². The molecule has 2 aliphatic heterocycles. The summed E-state index contributed by atoms with van der Waals surface area (Å²) >= 11 is 1.50. The first-order valence-corrected chi connectivity index (χ1v) is 10.8. The van der Waals surface area contributed by atoms with Gasteiger partial charge < -0.3 is 4.74 Å². The number of ether oxygens (including phenoxy) is 1. The average molecular weight is 390 g/mol. The molecule has 4 atom stereocenters. The summed E-state index contributed by atoms with van der Waals surface area (Å²) in [6, 6.07) is 7.88. The molecular formula is C22H31NO3S. The number of esters is 1. The molecule has 27 heavy (non-hydrogen) atoms. The Morgan fingerprint density at radius 3 is 2.85 bits per heavy atom. The Balaban J connectivity index is 1.92. The molecule has 0 bridgehead atoms. The zero-order valence-electron chi connectivity index (χ0n) is 16.9. The van der Waals surface area contributed by atoms with Crippen LogP contribution in [0.2, 0.25) is 0 Å². The summed E-state index contributed by atoms with van der Waals surface area (Å²) in [6.45, 7) is 8.22.